The second-order valence-corrected chi connectivity index (χ2v) is 4.01. The summed E-state index contributed by atoms with van der Waals surface area (Å²) >= 11 is 0. The number of nitrogens with zero attached hydrogens (tertiary/aromatic N) is 1. The van der Waals surface area contributed by atoms with Gasteiger partial charge in [0.25, 0.3) is 0 Å². The molecule has 0 bridgehead atoms. The first kappa shape index (κ1) is 12.8. The molecule has 1 aromatic heterocycles. The van der Waals surface area contributed by atoms with E-state index in [0.717, 1.165) is 16.5 Å². The Morgan fingerprint density at radius 3 is 2.61 bits per heavy atom. The minimum absolute atomic E-state index is 0.317. The minimum Gasteiger partial charge on any atom is -0.472 e. The van der Waals surface area contributed by atoms with Crippen LogP contribution in [-0.4, -0.2) is 32.1 Å². The molecule has 2 aromatic rings. The third-order valence-corrected chi connectivity index (χ3v) is 2.79. The molecule has 4 heteroatoms. The summed E-state index contributed by atoms with van der Waals surface area (Å²) in [4.78, 5) is 4.44. The quantitative estimate of drug-likeness (QED) is 0.761. The molecule has 18 heavy (non-hydrogen) atoms. The first-order valence-corrected chi connectivity index (χ1v) is 5.79. The number of ether oxygens (including phenoxy) is 3. The van der Waals surface area contributed by atoms with Crippen LogP contribution in [0.3, 0.4) is 0 Å². The number of methoxy groups -OCH3 is 2. The van der Waals surface area contributed by atoms with Gasteiger partial charge in [0.1, 0.15) is 6.61 Å². The molecule has 0 saturated carbocycles. The van der Waals surface area contributed by atoms with Crippen molar-refractivity contribution in [3.05, 3.63) is 35.9 Å². The van der Waals surface area contributed by atoms with E-state index in [4.69, 9.17) is 14.2 Å². The van der Waals surface area contributed by atoms with Gasteiger partial charge in [-0.05, 0) is 18.6 Å². The molecule has 0 amide bonds. The summed E-state index contributed by atoms with van der Waals surface area (Å²) in [5.74, 6) is 0.588. The number of rotatable bonds is 5. The molecular formula is C14H17NO3. The van der Waals surface area contributed by atoms with Gasteiger partial charge >= 0.3 is 0 Å². The van der Waals surface area contributed by atoms with Gasteiger partial charge in [-0.1, -0.05) is 18.2 Å². The first-order valence-electron chi connectivity index (χ1n) is 5.79. The van der Waals surface area contributed by atoms with E-state index in [0.29, 0.717) is 12.5 Å². The van der Waals surface area contributed by atoms with E-state index in [1.165, 1.54) is 0 Å². The highest BCUT2D eigenvalue weighted by Gasteiger charge is 2.08. The second kappa shape index (κ2) is 5.80. The summed E-state index contributed by atoms with van der Waals surface area (Å²) in [6, 6.07) is 9.91. The van der Waals surface area contributed by atoms with Crippen LogP contribution in [-0.2, 0) is 9.47 Å². The van der Waals surface area contributed by atoms with Gasteiger partial charge in [-0.2, -0.15) is 0 Å². The standard InChI is InChI=1S/C14H17NO3/c1-10-8-13(18-9-14(16-2)17-3)15-12-7-5-4-6-11(10)12/h4-8,14H,9H2,1-3H3. The van der Waals surface area contributed by atoms with Crippen molar-refractivity contribution in [1.82, 2.24) is 4.98 Å². The molecule has 0 aliphatic carbocycles. The normalized spacial score (nSPS) is 11.1. The van der Waals surface area contributed by atoms with Gasteiger partial charge in [-0.25, -0.2) is 4.98 Å². The Hall–Kier alpha value is -1.65. The van der Waals surface area contributed by atoms with E-state index >= 15 is 0 Å². The summed E-state index contributed by atoms with van der Waals surface area (Å²) in [5, 5.41) is 1.14. The van der Waals surface area contributed by atoms with Gasteiger partial charge in [0, 0.05) is 25.7 Å². The van der Waals surface area contributed by atoms with Crippen LogP contribution in [0.1, 0.15) is 5.56 Å². The first-order chi connectivity index (χ1) is 8.74. The molecule has 0 spiro atoms. The Morgan fingerprint density at radius 2 is 1.89 bits per heavy atom. The van der Waals surface area contributed by atoms with Gasteiger partial charge in [0.2, 0.25) is 5.88 Å². The van der Waals surface area contributed by atoms with Crippen LogP contribution in [0.25, 0.3) is 10.9 Å². The molecule has 0 radical (unpaired) electrons. The Kier molecular flexibility index (Phi) is 4.12. The molecule has 0 saturated heterocycles. The monoisotopic (exact) mass is 247 g/mol. The number of hydrogen-bond donors (Lipinski definition) is 0. The number of para-hydroxylation sites is 1. The van der Waals surface area contributed by atoms with Crippen LogP contribution in [0.2, 0.25) is 0 Å². The topological polar surface area (TPSA) is 40.6 Å². The molecule has 1 aromatic carbocycles. The highest BCUT2D eigenvalue weighted by atomic mass is 16.7. The lowest BCUT2D eigenvalue weighted by atomic mass is 10.1. The lowest BCUT2D eigenvalue weighted by molar-refractivity contribution is -0.122. The van der Waals surface area contributed by atoms with Crippen molar-refractivity contribution >= 4 is 10.9 Å². The second-order valence-electron chi connectivity index (χ2n) is 4.01. The fourth-order valence-electron chi connectivity index (χ4n) is 1.78. The van der Waals surface area contributed by atoms with Gasteiger partial charge in [-0.15, -0.1) is 0 Å². The van der Waals surface area contributed by atoms with Gasteiger partial charge in [-0.3, -0.25) is 0 Å². The Morgan fingerprint density at radius 1 is 1.17 bits per heavy atom. The fraction of sp³-hybridized carbons (Fsp3) is 0.357. The zero-order valence-electron chi connectivity index (χ0n) is 10.8. The van der Waals surface area contributed by atoms with Gasteiger partial charge in [0.15, 0.2) is 6.29 Å². The zero-order valence-corrected chi connectivity index (χ0v) is 10.8. The molecule has 0 aliphatic heterocycles. The Balaban J connectivity index is 2.19. The number of aromatic nitrogens is 1. The van der Waals surface area contributed by atoms with Crippen molar-refractivity contribution in [2.75, 3.05) is 20.8 Å². The third kappa shape index (κ3) is 2.78. The maximum absolute atomic E-state index is 5.58. The van der Waals surface area contributed by atoms with Crippen molar-refractivity contribution < 1.29 is 14.2 Å². The minimum atomic E-state index is -0.376. The predicted molar refractivity (Wildman–Crippen MR) is 69.8 cm³/mol. The van der Waals surface area contributed by atoms with E-state index in [-0.39, 0.29) is 6.29 Å². The van der Waals surface area contributed by atoms with Crippen LogP contribution in [0.5, 0.6) is 5.88 Å². The predicted octanol–water partition coefficient (Wildman–Crippen LogP) is 2.54. The van der Waals surface area contributed by atoms with Crippen LogP contribution in [0.4, 0.5) is 0 Å². The molecule has 0 atom stereocenters. The Bertz CT molecular complexity index is 523. The Labute approximate surface area is 106 Å². The lowest BCUT2D eigenvalue weighted by Gasteiger charge is -2.14. The van der Waals surface area contributed by atoms with Crippen LogP contribution >= 0.6 is 0 Å². The molecule has 0 unspecified atom stereocenters. The maximum atomic E-state index is 5.58. The lowest BCUT2D eigenvalue weighted by Crippen LogP contribution is -2.22. The third-order valence-electron chi connectivity index (χ3n) is 2.79. The number of benzene rings is 1. The number of aryl methyl sites for hydroxylation is 1. The summed E-state index contributed by atoms with van der Waals surface area (Å²) in [6.45, 7) is 2.36. The summed E-state index contributed by atoms with van der Waals surface area (Å²) in [5.41, 5.74) is 2.07. The summed E-state index contributed by atoms with van der Waals surface area (Å²) in [6.07, 6.45) is -0.376. The van der Waals surface area contributed by atoms with Gasteiger partial charge < -0.3 is 14.2 Å². The van der Waals surface area contributed by atoms with Crippen LogP contribution in [0, 0.1) is 6.92 Å². The van der Waals surface area contributed by atoms with E-state index in [9.17, 15) is 0 Å². The number of fused-ring (bicyclic) bond motifs is 1. The molecule has 4 nitrogen and oxygen atoms in total. The van der Waals surface area contributed by atoms with Crippen molar-refractivity contribution in [3.63, 3.8) is 0 Å². The molecule has 1 heterocycles. The maximum Gasteiger partial charge on any atom is 0.214 e. The van der Waals surface area contributed by atoms with E-state index < -0.39 is 0 Å². The SMILES string of the molecule is COC(COc1cc(C)c2ccccc2n1)OC. The van der Waals surface area contributed by atoms with Crippen molar-refractivity contribution in [1.29, 1.82) is 0 Å². The summed E-state index contributed by atoms with van der Waals surface area (Å²) < 4.78 is 15.7. The largest absolute Gasteiger partial charge is 0.472 e. The average molecular weight is 247 g/mol. The smallest absolute Gasteiger partial charge is 0.214 e. The van der Waals surface area contributed by atoms with E-state index in [2.05, 4.69) is 11.1 Å². The van der Waals surface area contributed by atoms with Crippen molar-refractivity contribution in [3.8, 4) is 5.88 Å². The van der Waals surface area contributed by atoms with Crippen molar-refractivity contribution in [2.24, 2.45) is 0 Å². The molecule has 96 valence electrons. The highest BCUT2D eigenvalue weighted by molar-refractivity contribution is 5.82. The molecule has 0 fully saturated rings. The highest BCUT2D eigenvalue weighted by Crippen LogP contribution is 2.21. The van der Waals surface area contributed by atoms with Gasteiger partial charge in [0.05, 0.1) is 5.52 Å². The van der Waals surface area contributed by atoms with Crippen molar-refractivity contribution in [2.45, 2.75) is 13.2 Å². The molecular weight excluding hydrogens is 230 g/mol. The summed E-state index contributed by atoms with van der Waals surface area (Å²) in [7, 11) is 3.16. The zero-order chi connectivity index (χ0) is 13.0. The number of pyridine rings is 1. The molecule has 0 N–H and O–H groups in total. The van der Waals surface area contributed by atoms with Crippen LogP contribution in [0.15, 0.2) is 30.3 Å². The molecule has 0 aliphatic rings. The number of hydrogen-bond acceptors (Lipinski definition) is 4. The fourth-order valence-corrected chi connectivity index (χ4v) is 1.78. The van der Waals surface area contributed by atoms with E-state index in [1.54, 1.807) is 14.2 Å². The molecule has 2 rings (SSSR count). The average Bonchev–Trinajstić information content (AvgIpc) is 2.40. The van der Waals surface area contributed by atoms with E-state index in [1.807, 2.05) is 31.2 Å². The van der Waals surface area contributed by atoms with Crippen LogP contribution < -0.4 is 4.74 Å².